The molecule has 0 saturated carbocycles. The van der Waals surface area contributed by atoms with Gasteiger partial charge in [-0.15, -0.1) is 0 Å². The summed E-state index contributed by atoms with van der Waals surface area (Å²) in [5.74, 6) is -1.11. The first kappa shape index (κ1) is 9.79. The first-order chi connectivity index (χ1) is 6.29. The summed E-state index contributed by atoms with van der Waals surface area (Å²) in [4.78, 5) is 11.2. The van der Waals surface area contributed by atoms with E-state index in [1.807, 2.05) is 12.1 Å². The predicted molar refractivity (Wildman–Crippen MR) is 47.7 cm³/mol. The standard InChI is InChI=1S/C10H13NO2/c1-13-10(12)9(7-11)8-5-3-2-4-6-8/h5,9H,2-4,6H2,1H3/t9-/m1/s1. The minimum Gasteiger partial charge on any atom is -0.468 e. The van der Waals surface area contributed by atoms with Crippen LogP contribution in [0.25, 0.3) is 0 Å². The topological polar surface area (TPSA) is 50.1 Å². The van der Waals surface area contributed by atoms with Gasteiger partial charge in [-0.3, -0.25) is 4.79 Å². The summed E-state index contributed by atoms with van der Waals surface area (Å²) in [7, 11) is 1.32. The molecule has 0 fully saturated rings. The Hall–Kier alpha value is -1.30. The van der Waals surface area contributed by atoms with E-state index in [0.29, 0.717) is 0 Å². The van der Waals surface area contributed by atoms with Gasteiger partial charge >= 0.3 is 5.97 Å². The lowest BCUT2D eigenvalue weighted by atomic mass is 9.90. The Balaban J connectivity index is 2.72. The van der Waals surface area contributed by atoms with Gasteiger partial charge in [-0.1, -0.05) is 6.08 Å². The lowest BCUT2D eigenvalue weighted by Crippen LogP contribution is -2.17. The molecule has 70 valence electrons. The van der Waals surface area contributed by atoms with E-state index >= 15 is 0 Å². The molecule has 0 N–H and O–H groups in total. The van der Waals surface area contributed by atoms with E-state index in [2.05, 4.69) is 4.74 Å². The molecule has 1 aliphatic carbocycles. The molecule has 0 aliphatic heterocycles. The number of ether oxygens (including phenoxy) is 1. The van der Waals surface area contributed by atoms with Crippen molar-refractivity contribution in [3.63, 3.8) is 0 Å². The van der Waals surface area contributed by atoms with E-state index in [1.54, 1.807) is 0 Å². The van der Waals surface area contributed by atoms with Crippen LogP contribution in [-0.2, 0) is 9.53 Å². The number of nitriles is 1. The number of rotatable bonds is 2. The van der Waals surface area contributed by atoms with E-state index in [0.717, 1.165) is 31.3 Å². The van der Waals surface area contributed by atoms with Crippen LogP contribution in [0.1, 0.15) is 25.7 Å². The van der Waals surface area contributed by atoms with E-state index in [9.17, 15) is 4.79 Å². The van der Waals surface area contributed by atoms with Crippen LogP contribution < -0.4 is 0 Å². The van der Waals surface area contributed by atoms with Crippen molar-refractivity contribution in [1.82, 2.24) is 0 Å². The molecule has 0 radical (unpaired) electrons. The molecule has 0 heterocycles. The molecule has 3 nitrogen and oxygen atoms in total. The summed E-state index contributed by atoms with van der Waals surface area (Å²) in [5, 5.41) is 8.79. The fourth-order valence-electron chi connectivity index (χ4n) is 1.53. The van der Waals surface area contributed by atoms with Crippen LogP contribution in [0.2, 0.25) is 0 Å². The number of carbonyl (C=O) groups is 1. The highest BCUT2D eigenvalue weighted by atomic mass is 16.5. The van der Waals surface area contributed by atoms with Gasteiger partial charge in [-0.2, -0.15) is 5.26 Å². The van der Waals surface area contributed by atoms with Crippen LogP contribution in [0.3, 0.4) is 0 Å². The van der Waals surface area contributed by atoms with Crippen molar-refractivity contribution >= 4 is 5.97 Å². The first-order valence-corrected chi connectivity index (χ1v) is 4.46. The molecule has 1 aliphatic rings. The van der Waals surface area contributed by atoms with Crippen molar-refractivity contribution < 1.29 is 9.53 Å². The largest absolute Gasteiger partial charge is 0.468 e. The molecule has 0 amide bonds. The summed E-state index contributed by atoms with van der Waals surface area (Å²) in [6, 6.07) is 1.98. The van der Waals surface area contributed by atoms with Gasteiger partial charge in [0.25, 0.3) is 0 Å². The molecule has 3 heteroatoms. The molecule has 0 spiro atoms. The Kier molecular flexibility index (Phi) is 3.51. The maximum absolute atomic E-state index is 11.2. The summed E-state index contributed by atoms with van der Waals surface area (Å²) >= 11 is 0. The third-order valence-corrected chi connectivity index (χ3v) is 2.26. The molecule has 0 unspecified atom stereocenters. The smallest absolute Gasteiger partial charge is 0.327 e. The van der Waals surface area contributed by atoms with Crippen LogP contribution in [0.5, 0.6) is 0 Å². The molecule has 0 aromatic carbocycles. The number of esters is 1. The number of allylic oxidation sites excluding steroid dienone is 1. The van der Waals surface area contributed by atoms with E-state index in [1.165, 1.54) is 7.11 Å². The summed E-state index contributed by atoms with van der Waals surface area (Å²) < 4.78 is 4.55. The molecular formula is C10H13NO2. The fourth-order valence-corrected chi connectivity index (χ4v) is 1.53. The van der Waals surface area contributed by atoms with E-state index in [-0.39, 0.29) is 0 Å². The second kappa shape index (κ2) is 4.66. The molecule has 13 heavy (non-hydrogen) atoms. The average Bonchev–Trinajstić information content (AvgIpc) is 2.20. The minimum atomic E-state index is -0.676. The van der Waals surface area contributed by atoms with Crippen molar-refractivity contribution in [1.29, 1.82) is 5.26 Å². The Labute approximate surface area is 78.0 Å². The lowest BCUT2D eigenvalue weighted by Gasteiger charge is -2.15. The molecule has 0 aromatic rings. The van der Waals surface area contributed by atoms with Crippen LogP contribution >= 0.6 is 0 Å². The number of hydrogen-bond donors (Lipinski definition) is 0. The van der Waals surface area contributed by atoms with Crippen molar-refractivity contribution in [2.75, 3.05) is 7.11 Å². The zero-order valence-corrected chi connectivity index (χ0v) is 7.75. The van der Waals surface area contributed by atoms with Gasteiger partial charge in [0.15, 0.2) is 5.92 Å². The molecule has 1 atom stereocenters. The highest BCUT2D eigenvalue weighted by Gasteiger charge is 2.23. The fraction of sp³-hybridized carbons (Fsp3) is 0.600. The van der Waals surface area contributed by atoms with Gasteiger partial charge in [0, 0.05) is 0 Å². The van der Waals surface area contributed by atoms with Crippen molar-refractivity contribution in [3.05, 3.63) is 11.6 Å². The van der Waals surface area contributed by atoms with Crippen LogP contribution in [0, 0.1) is 17.2 Å². The third-order valence-electron chi connectivity index (χ3n) is 2.26. The average molecular weight is 179 g/mol. The Morgan fingerprint density at radius 1 is 1.69 bits per heavy atom. The molecule has 0 bridgehead atoms. The Bertz CT molecular complexity index is 263. The highest BCUT2D eigenvalue weighted by molar-refractivity contribution is 5.78. The normalized spacial score (nSPS) is 18.3. The summed E-state index contributed by atoms with van der Waals surface area (Å²) in [5.41, 5.74) is 0.931. The number of hydrogen-bond acceptors (Lipinski definition) is 3. The maximum atomic E-state index is 11.2. The second-order valence-corrected chi connectivity index (χ2v) is 3.11. The number of nitrogens with zero attached hydrogens (tertiary/aromatic N) is 1. The number of carbonyl (C=O) groups excluding carboxylic acids is 1. The van der Waals surface area contributed by atoms with Crippen LogP contribution in [-0.4, -0.2) is 13.1 Å². The third kappa shape index (κ3) is 2.32. The Morgan fingerprint density at radius 3 is 2.92 bits per heavy atom. The van der Waals surface area contributed by atoms with Gasteiger partial charge in [-0.05, 0) is 31.3 Å². The van der Waals surface area contributed by atoms with Gasteiger partial charge in [0.05, 0.1) is 13.2 Å². The number of methoxy groups -OCH3 is 1. The first-order valence-electron chi connectivity index (χ1n) is 4.46. The minimum absolute atomic E-state index is 0.435. The molecule has 1 rings (SSSR count). The van der Waals surface area contributed by atoms with Gasteiger partial charge in [-0.25, -0.2) is 0 Å². The van der Waals surface area contributed by atoms with Gasteiger partial charge < -0.3 is 4.74 Å². The van der Waals surface area contributed by atoms with Gasteiger partial charge in [0.2, 0.25) is 0 Å². The van der Waals surface area contributed by atoms with Crippen molar-refractivity contribution in [3.8, 4) is 6.07 Å². The zero-order chi connectivity index (χ0) is 9.68. The Morgan fingerprint density at radius 2 is 2.46 bits per heavy atom. The summed E-state index contributed by atoms with van der Waals surface area (Å²) in [6.45, 7) is 0. The molecule has 0 aromatic heterocycles. The van der Waals surface area contributed by atoms with Crippen LogP contribution in [0.15, 0.2) is 11.6 Å². The van der Waals surface area contributed by atoms with Gasteiger partial charge in [0.1, 0.15) is 0 Å². The molecular weight excluding hydrogens is 166 g/mol. The SMILES string of the molecule is COC(=O)[C@H](C#N)C1=CCCCC1. The molecule has 0 saturated heterocycles. The van der Waals surface area contributed by atoms with Crippen LogP contribution in [0.4, 0.5) is 0 Å². The zero-order valence-electron chi connectivity index (χ0n) is 7.75. The monoisotopic (exact) mass is 179 g/mol. The predicted octanol–water partition coefficient (Wildman–Crippen LogP) is 1.80. The second-order valence-electron chi connectivity index (χ2n) is 3.11. The van der Waals surface area contributed by atoms with Crippen molar-refractivity contribution in [2.24, 2.45) is 5.92 Å². The lowest BCUT2D eigenvalue weighted by molar-refractivity contribution is -0.142. The van der Waals surface area contributed by atoms with E-state index < -0.39 is 11.9 Å². The van der Waals surface area contributed by atoms with Crippen molar-refractivity contribution in [2.45, 2.75) is 25.7 Å². The van der Waals surface area contributed by atoms with E-state index in [4.69, 9.17) is 5.26 Å². The summed E-state index contributed by atoms with van der Waals surface area (Å²) in [6.07, 6.45) is 6.05. The maximum Gasteiger partial charge on any atom is 0.327 e. The highest BCUT2D eigenvalue weighted by Crippen LogP contribution is 2.24. The quantitative estimate of drug-likeness (QED) is 0.479.